The highest BCUT2D eigenvalue weighted by Gasteiger charge is 2.20. The van der Waals surface area contributed by atoms with Crippen molar-refractivity contribution in [2.75, 3.05) is 5.75 Å². The number of rotatable bonds is 7. The fourth-order valence-corrected chi connectivity index (χ4v) is 4.04. The molecule has 0 saturated carbocycles. The largest absolute Gasteiger partial charge is 0.461 e. The molecule has 144 valence electrons. The van der Waals surface area contributed by atoms with Gasteiger partial charge in [0.25, 0.3) is 0 Å². The molecule has 0 bridgehead atoms. The maximum atomic E-state index is 12.9. The molecular weight excluding hydrogens is 378 g/mol. The van der Waals surface area contributed by atoms with Crippen LogP contribution in [0.2, 0.25) is 0 Å². The van der Waals surface area contributed by atoms with Crippen LogP contribution < -0.4 is 0 Å². The number of hydrogen-bond acceptors (Lipinski definition) is 7. The van der Waals surface area contributed by atoms with Crippen molar-refractivity contribution in [2.24, 2.45) is 0 Å². The normalized spacial score (nSPS) is 11.2. The Morgan fingerprint density at radius 2 is 2.18 bits per heavy atom. The van der Waals surface area contributed by atoms with Gasteiger partial charge in [-0.1, -0.05) is 11.8 Å². The van der Waals surface area contributed by atoms with E-state index in [1.165, 1.54) is 18.1 Å². The van der Waals surface area contributed by atoms with Gasteiger partial charge in [-0.05, 0) is 39.0 Å². The predicted octanol–water partition coefficient (Wildman–Crippen LogP) is 3.06. The smallest absolute Gasteiger partial charge is 0.229 e. The van der Waals surface area contributed by atoms with Crippen molar-refractivity contribution in [1.82, 2.24) is 34.5 Å². The van der Waals surface area contributed by atoms with Crippen molar-refractivity contribution in [2.45, 2.75) is 32.5 Å². The first-order chi connectivity index (χ1) is 13.6. The predicted molar refractivity (Wildman–Crippen MR) is 104 cm³/mol. The Bertz CT molecular complexity index is 1090. The van der Waals surface area contributed by atoms with E-state index in [0.717, 1.165) is 11.4 Å². The van der Waals surface area contributed by atoms with Gasteiger partial charge in [0.1, 0.15) is 6.33 Å². The molecule has 28 heavy (non-hydrogen) atoms. The van der Waals surface area contributed by atoms with Gasteiger partial charge in [-0.25, -0.2) is 5.10 Å². The second-order valence-corrected chi connectivity index (χ2v) is 7.11. The second kappa shape index (κ2) is 7.47. The molecule has 0 aromatic carbocycles. The van der Waals surface area contributed by atoms with E-state index in [-0.39, 0.29) is 11.5 Å². The molecule has 0 spiro atoms. The highest BCUT2D eigenvalue weighted by molar-refractivity contribution is 7.99. The first-order valence-corrected chi connectivity index (χ1v) is 9.76. The van der Waals surface area contributed by atoms with Crippen molar-refractivity contribution in [1.29, 1.82) is 0 Å². The maximum Gasteiger partial charge on any atom is 0.229 e. The molecule has 4 aromatic heterocycles. The summed E-state index contributed by atoms with van der Waals surface area (Å²) in [6.07, 6.45) is 3.05. The van der Waals surface area contributed by atoms with E-state index in [1.54, 1.807) is 6.26 Å². The lowest BCUT2D eigenvalue weighted by atomic mass is 10.2. The molecule has 0 aliphatic carbocycles. The van der Waals surface area contributed by atoms with Crippen molar-refractivity contribution in [3.8, 4) is 17.5 Å². The Hall–Kier alpha value is -3.14. The third-order valence-electron chi connectivity index (χ3n) is 4.45. The lowest BCUT2D eigenvalue weighted by molar-refractivity contribution is 0.102. The van der Waals surface area contributed by atoms with Gasteiger partial charge in [-0.3, -0.25) is 13.9 Å². The molecule has 0 aliphatic rings. The highest BCUT2D eigenvalue weighted by Crippen LogP contribution is 2.26. The van der Waals surface area contributed by atoms with Crippen molar-refractivity contribution in [3.63, 3.8) is 0 Å². The summed E-state index contributed by atoms with van der Waals surface area (Å²) < 4.78 is 9.24. The molecule has 1 N–H and O–H groups in total. The molecule has 0 saturated heterocycles. The topological polar surface area (TPSA) is 107 Å². The van der Waals surface area contributed by atoms with Gasteiger partial charge < -0.3 is 4.42 Å². The standard InChI is InChI=1S/C18H19N7O2S/c1-4-24-16(15-6-5-7-27-15)21-23-18(24)28-9-14(26)13-8-11(2)25(12(13)3)17-19-10-20-22-17/h5-8,10H,4,9H2,1-3H3,(H,19,20,22). The summed E-state index contributed by atoms with van der Waals surface area (Å²) >= 11 is 1.37. The molecule has 0 fully saturated rings. The van der Waals surface area contributed by atoms with Crippen LogP contribution in [0.15, 0.2) is 40.4 Å². The summed E-state index contributed by atoms with van der Waals surface area (Å²) in [5, 5.41) is 15.8. The minimum Gasteiger partial charge on any atom is -0.461 e. The molecule has 0 amide bonds. The number of nitrogens with one attached hydrogen (secondary N) is 1. The van der Waals surface area contributed by atoms with Gasteiger partial charge >= 0.3 is 0 Å². The number of furan rings is 1. The third-order valence-corrected chi connectivity index (χ3v) is 5.42. The summed E-state index contributed by atoms with van der Waals surface area (Å²) in [7, 11) is 0. The number of Topliss-reactive ketones (excluding diaryl/α,β-unsaturated/α-hetero) is 1. The van der Waals surface area contributed by atoms with Gasteiger partial charge in [0.15, 0.2) is 22.5 Å². The SMILES string of the molecule is CCn1c(SCC(=O)c2cc(C)n(-c3ncn[nH]3)c2C)nnc1-c1ccco1. The van der Waals surface area contributed by atoms with E-state index in [9.17, 15) is 4.79 Å². The van der Waals surface area contributed by atoms with Crippen LogP contribution >= 0.6 is 11.8 Å². The van der Waals surface area contributed by atoms with Gasteiger partial charge in [0.05, 0.1) is 12.0 Å². The van der Waals surface area contributed by atoms with Crippen LogP contribution in [0.4, 0.5) is 0 Å². The molecular formula is C18H19N7O2S. The monoisotopic (exact) mass is 397 g/mol. The number of aryl methyl sites for hydroxylation is 1. The van der Waals surface area contributed by atoms with Crippen LogP contribution in [-0.2, 0) is 6.54 Å². The summed E-state index contributed by atoms with van der Waals surface area (Å²) in [6, 6.07) is 5.53. The summed E-state index contributed by atoms with van der Waals surface area (Å²) in [4.78, 5) is 17.0. The quantitative estimate of drug-likeness (QED) is 0.377. The fourth-order valence-electron chi connectivity index (χ4n) is 3.15. The minimum absolute atomic E-state index is 0.0223. The van der Waals surface area contributed by atoms with Crippen LogP contribution in [-0.4, -0.2) is 46.0 Å². The molecule has 0 unspecified atom stereocenters. The maximum absolute atomic E-state index is 12.9. The lowest BCUT2D eigenvalue weighted by Crippen LogP contribution is -2.07. The molecule has 4 rings (SSSR count). The Morgan fingerprint density at radius 3 is 2.86 bits per heavy atom. The van der Waals surface area contributed by atoms with Crippen molar-refractivity contribution < 1.29 is 9.21 Å². The van der Waals surface area contributed by atoms with Crippen LogP contribution in [0.3, 0.4) is 0 Å². The number of aromatic amines is 1. The first-order valence-electron chi connectivity index (χ1n) is 8.78. The summed E-state index contributed by atoms with van der Waals surface area (Å²) in [5.74, 6) is 2.19. The van der Waals surface area contributed by atoms with Crippen LogP contribution in [0.1, 0.15) is 28.7 Å². The lowest BCUT2D eigenvalue weighted by Gasteiger charge is -2.06. The number of thioether (sulfide) groups is 1. The Balaban J connectivity index is 1.54. The molecule has 0 radical (unpaired) electrons. The van der Waals surface area contributed by atoms with E-state index in [4.69, 9.17) is 4.42 Å². The van der Waals surface area contributed by atoms with E-state index in [2.05, 4.69) is 25.4 Å². The van der Waals surface area contributed by atoms with E-state index >= 15 is 0 Å². The molecule has 9 nitrogen and oxygen atoms in total. The number of aromatic nitrogens is 7. The van der Waals surface area contributed by atoms with Gasteiger partial charge in [-0.15, -0.1) is 10.2 Å². The molecule has 4 aromatic rings. The van der Waals surface area contributed by atoms with Gasteiger partial charge in [0.2, 0.25) is 5.95 Å². The molecule has 10 heteroatoms. The average Bonchev–Trinajstić information content (AvgIpc) is 3.46. The van der Waals surface area contributed by atoms with E-state index in [1.807, 2.05) is 48.1 Å². The highest BCUT2D eigenvalue weighted by atomic mass is 32.2. The number of carbonyl (C=O) groups is 1. The van der Waals surface area contributed by atoms with Crippen LogP contribution in [0.25, 0.3) is 17.5 Å². The number of hydrogen-bond donors (Lipinski definition) is 1. The number of ketones is 1. The van der Waals surface area contributed by atoms with Gasteiger partial charge in [0, 0.05) is 23.5 Å². The van der Waals surface area contributed by atoms with E-state index < -0.39 is 0 Å². The Kier molecular flexibility index (Phi) is 4.86. The molecule has 0 aliphatic heterocycles. The summed E-state index contributed by atoms with van der Waals surface area (Å²) in [5.41, 5.74) is 2.41. The molecule has 4 heterocycles. The van der Waals surface area contributed by atoms with Crippen molar-refractivity contribution in [3.05, 3.63) is 47.7 Å². The van der Waals surface area contributed by atoms with Crippen molar-refractivity contribution >= 4 is 17.5 Å². The zero-order valence-corrected chi connectivity index (χ0v) is 16.5. The van der Waals surface area contributed by atoms with Gasteiger partial charge in [-0.2, -0.15) is 10.1 Å². The Labute approximate surface area is 165 Å². The van der Waals surface area contributed by atoms with Crippen LogP contribution in [0, 0.1) is 13.8 Å². The second-order valence-electron chi connectivity index (χ2n) is 6.17. The first kappa shape index (κ1) is 18.2. The number of nitrogens with zero attached hydrogens (tertiary/aromatic N) is 6. The number of H-pyrrole nitrogens is 1. The van der Waals surface area contributed by atoms with Crippen LogP contribution in [0.5, 0.6) is 0 Å². The minimum atomic E-state index is 0.0223. The van der Waals surface area contributed by atoms with E-state index in [0.29, 0.717) is 34.8 Å². The third kappa shape index (κ3) is 3.15. The zero-order valence-electron chi connectivity index (χ0n) is 15.7. The number of carbonyl (C=O) groups excluding carboxylic acids is 1. The summed E-state index contributed by atoms with van der Waals surface area (Å²) in [6.45, 7) is 6.52. The molecule has 0 atom stereocenters. The Morgan fingerprint density at radius 1 is 1.32 bits per heavy atom. The average molecular weight is 397 g/mol. The fraction of sp³-hybridized carbons (Fsp3) is 0.278. The zero-order chi connectivity index (χ0) is 19.7.